The van der Waals surface area contributed by atoms with Crippen LogP contribution in [0.1, 0.15) is 59.4 Å². The van der Waals surface area contributed by atoms with Crippen LogP contribution in [0.25, 0.3) is 0 Å². The monoisotopic (exact) mass is 990 g/mol. The van der Waals surface area contributed by atoms with Crippen LogP contribution in [0.2, 0.25) is 0 Å². The van der Waals surface area contributed by atoms with E-state index in [0.29, 0.717) is 0 Å². The number of fused-ring (bicyclic) bond motifs is 2. The van der Waals surface area contributed by atoms with E-state index in [2.05, 4.69) is 36.0 Å². The lowest BCUT2D eigenvalue weighted by Gasteiger charge is -2.34. The molecule has 28 heteroatoms. The van der Waals surface area contributed by atoms with E-state index in [1.807, 2.05) is 0 Å². The number of nitrogens with two attached hydrogens (primary N) is 1. The summed E-state index contributed by atoms with van der Waals surface area (Å²) in [7, 11) is 0. The number of aliphatic hydroxyl groups is 6. The quantitative estimate of drug-likeness (QED) is 0.0404. The first-order valence-corrected chi connectivity index (χ1v) is 22.2. The van der Waals surface area contributed by atoms with Gasteiger partial charge in [-0.2, -0.15) is 0 Å². The van der Waals surface area contributed by atoms with E-state index >= 15 is 0 Å². The first-order chi connectivity index (χ1) is 31.9. The Labute approximate surface area is 394 Å². The van der Waals surface area contributed by atoms with Crippen LogP contribution in [-0.4, -0.2) is 197 Å². The third kappa shape index (κ3) is 14.7. The minimum atomic E-state index is -2.08. The summed E-state index contributed by atoms with van der Waals surface area (Å²) in [6, 6.07) is -7.41. The summed E-state index contributed by atoms with van der Waals surface area (Å²) in [5, 5.41) is 101. The van der Waals surface area contributed by atoms with Crippen molar-refractivity contribution in [1.82, 2.24) is 36.4 Å². The average Bonchev–Trinajstić information content (AvgIpc) is 3.80. The minimum absolute atomic E-state index is 0.0813. The molecule has 1 aromatic carbocycles. The number of hydrogen-bond donors (Lipinski definition) is 14. The average molecular weight is 991 g/mol. The van der Waals surface area contributed by atoms with Crippen molar-refractivity contribution < 1.29 is 92.9 Å². The number of phenolic OH excluding ortho intramolecular Hbond substituents is 1. The molecule has 13 atom stereocenters. The lowest BCUT2D eigenvalue weighted by molar-refractivity contribution is -0.433. The second-order valence-corrected chi connectivity index (χ2v) is 18.3. The zero-order valence-electron chi connectivity index (χ0n) is 37.8. The summed E-state index contributed by atoms with van der Waals surface area (Å²) >= 11 is 0.0813. The van der Waals surface area contributed by atoms with Crippen LogP contribution in [0.3, 0.4) is 0 Å². The third-order valence-electron chi connectivity index (χ3n) is 11.2. The molecule has 3 heterocycles. The molecule has 0 aliphatic carbocycles. The highest BCUT2D eigenvalue weighted by atomic mass is 32.2. The largest absolute Gasteiger partial charge is 0.504 e. The maximum Gasteiger partial charge on any atom is 0.408 e. The fourth-order valence-corrected chi connectivity index (χ4v) is 8.14. The number of aliphatic hydroxyl groups excluding tert-OH is 6. The van der Waals surface area contributed by atoms with Gasteiger partial charge >= 0.3 is 6.09 Å². The zero-order chi connectivity index (χ0) is 50.8. The summed E-state index contributed by atoms with van der Waals surface area (Å²) in [6.45, 7) is 5.50. The van der Waals surface area contributed by atoms with Crippen molar-refractivity contribution in [2.45, 2.75) is 139 Å². The Hall–Kier alpha value is -5.14. The molecule has 382 valence electrons. The third-order valence-corrected chi connectivity index (χ3v) is 11.6. The van der Waals surface area contributed by atoms with Gasteiger partial charge in [-0.1, -0.05) is 22.4 Å². The molecule has 3 aliphatic heterocycles. The highest BCUT2D eigenvalue weighted by molar-refractivity contribution is 7.90. The van der Waals surface area contributed by atoms with E-state index in [4.69, 9.17) is 19.9 Å². The minimum Gasteiger partial charge on any atom is -0.504 e. The number of amides is 7. The Morgan fingerprint density at radius 2 is 1.53 bits per heavy atom. The Balaban J connectivity index is 1.83. The number of hydrogen-bond acceptors (Lipinski definition) is 21. The second-order valence-electron chi connectivity index (χ2n) is 17.8. The van der Waals surface area contributed by atoms with Crippen LogP contribution < -0.4 is 36.5 Å². The van der Waals surface area contributed by atoms with E-state index in [9.17, 15) is 69.3 Å². The zero-order valence-corrected chi connectivity index (χ0v) is 38.7. The molecular weight excluding hydrogens is 929 g/mol. The van der Waals surface area contributed by atoms with Crippen molar-refractivity contribution in [2.24, 2.45) is 11.7 Å². The van der Waals surface area contributed by atoms with Crippen molar-refractivity contribution in [2.75, 3.05) is 26.2 Å². The Bertz CT molecular complexity index is 1960. The number of alkyl carbamates (subject to hydrolysis) is 1. The van der Waals surface area contributed by atoms with Gasteiger partial charge in [-0.3, -0.25) is 28.8 Å². The van der Waals surface area contributed by atoms with Gasteiger partial charge in [0.05, 0.1) is 36.6 Å². The topological polar surface area (TPSA) is 411 Å². The fourth-order valence-electron chi connectivity index (χ4n) is 7.88. The predicted molar refractivity (Wildman–Crippen MR) is 232 cm³/mol. The molecule has 0 spiro atoms. The van der Waals surface area contributed by atoms with E-state index in [-0.39, 0.29) is 43.1 Å². The maximum atomic E-state index is 14.5. The first kappa shape index (κ1) is 55.5. The van der Waals surface area contributed by atoms with Gasteiger partial charge in [0, 0.05) is 44.8 Å². The number of rotatable bonds is 12. The number of carbonyl (C=O) groups is 7. The van der Waals surface area contributed by atoms with Gasteiger partial charge < -0.3 is 86.8 Å². The molecule has 7 amide bonds. The van der Waals surface area contributed by atoms with Gasteiger partial charge in [0.15, 0.2) is 11.5 Å². The van der Waals surface area contributed by atoms with Gasteiger partial charge in [-0.15, -0.1) is 0 Å². The van der Waals surface area contributed by atoms with Crippen molar-refractivity contribution >= 4 is 53.9 Å². The molecule has 15 N–H and O–H groups in total. The van der Waals surface area contributed by atoms with E-state index in [0.717, 1.165) is 22.8 Å². The molecule has 1 aromatic rings. The number of phenols is 1. The molecule has 4 rings (SSSR count). The number of benzene rings is 1. The molecule has 68 heavy (non-hydrogen) atoms. The number of β-amino-alcohol motifs (C(OH)–C–C–N with tert-alkyl or cyclic N) is 1. The van der Waals surface area contributed by atoms with Crippen molar-refractivity contribution in [3.05, 3.63) is 23.8 Å². The molecule has 0 saturated carbocycles. The molecule has 0 bridgehead atoms. The number of nitrogens with zero attached hydrogens (tertiary/aromatic N) is 2. The molecular formula is C40H62N8O19S. The molecule has 0 aromatic heterocycles. The maximum absolute atomic E-state index is 14.5. The highest BCUT2D eigenvalue weighted by Gasteiger charge is 2.49. The lowest BCUT2D eigenvalue weighted by Crippen LogP contribution is -2.64. The number of nitrogens with one attached hydrogen (secondary N) is 5. The molecule has 3 saturated heterocycles. The Morgan fingerprint density at radius 1 is 0.882 bits per heavy atom. The van der Waals surface area contributed by atoms with E-state index in [1.165, 1.54) is 39.8 Å². The highest BCUT2D eigenvalue weighted by Crippen LogP contribution is 2.31. The van der Waals surface area contributed by atoms with Crippen LogP contribution >= 0.6 is 12.3 Å². The van der Waals surface area contributed by atoms with Crippen molar-refractivity contribution in [1.29, 1.82) is 0 Å². The summed E-state index contributed by atoms with van der Waals surface area (Å²) in [5.41, 5.74) is 4.78. The van der Waals surface area contributed by atoms with E-state index in [1.54, 1.807) is 0 Å². The van der Waals surface area contributed by atoms with Crippen molar-refractivity contribution in [3.63, 3.8) is 0 Å². The van der Waals surface area contributed by atoms with Crippen LogP contribution in [0, 0.1) is 5.92 Å². The number of carbonyl (C=O) groups excluding carboxylic acids is 7. The molecule has 3 aliphatic rings. The van der Waals surface area contributed by atoms with Gasteiger partial charge in [0.1, 0.15) is 41.9 Å². The molecule has 27 nitrogen and oxygen atoms in total. The fraction of sp³-hybridized carbons (Fsp3) is 0.675. The summed E-state index contributed by atoms with van der Waals surface area (Å²) in [5.74, 6) is -8.41. The Kier molecular flexibility index (Phi) is 19.9. The summed E-state index contributed by atoms with van der Waals surface area (Å²) < 4.78 is 14.5. The van der Waals surface area contributed by atoms with Gasteiger partial charge in [-0.25, -0.2) is 10.1 Å². The van der Waals surface area contributed by atoms with Crippen LogP contribution in [-0.2, 0) is 49.3 Å². The predicted octanol–water partition coefficient (Wildman–Crippen LogP) is -4.85. The number of aromatic hydroxyl groups is 1. The molecule has 0 radical (unpaired) electrons. The first-order valence-electron chi connectivity index (χ1n) is 21.6. The SMILES string of the molecule is C[C@H](O)[C@@H]1NC(=O)[C@@H](NC(=O)OC(C)(C)C)C[C@H](O)CNC(=O)[C@@H]2[C@@H](O)[C@H](C)CN2C(=O)[C@H]([C@H](O)CCN)NC(=O)[C@H]([C@H](O)Cc2ccc(O)c(OSOOO)c2)NC(=O)[C@@H]2C[C@H](O)CN2C1=O. The van der Waals surface area contributed by atoms with Crippen LogP contribution in [0.4, 0.5) is 4.79 Å². The van der Waals surface area contributed by atoms with Crippen LogP contribution in [0.5, 0.6) is 11.5 Å². The van der Waals surface area contributed by atoms with E-state index < -0.39 is 164 Å². The van der Waals surface area contributed by atoms with Crippen LogP contribution in [0.15, 0.2) is 18.2 Å². The molecule has 3 fully saturated rings. The van der Waals surface area contributed by atoms with Gasteiger partial charge in [0.2, 0.25) is 35.4 Å². The van der Waals surface area contributed by atoms with Gasteiger partial charge in [0.25, 0.3) is 12.3 Å². The lowest BCUT2D eigenvalue weighted by atomic mass is 9.98. The van der Waals surface area contributed by atoms with Crippen molar-refractivity contribution in [3.8, 4) is 11.5 Å². The Morgan fingerprint density at radius 3 is 2.16 bits per heavy atom. The van der Waals surface area contributed by atoms with Gasteiger partial charge in [-0.05, 0) is 58.4 Å². The standard InChI is InChI=1S/C40H62N8O19S/c1-17-15-48-31(32(17)55)36(59)42-14-20(50)12-22(43-39(62)64-40(3,4)5)33(56)44-28(18(2)49)37(60)47-16-21(51)13-23(47)34(57)45-29(35(58)46-30(38(48)61)25(53)8-9-41)26(54)10-19-6-7-24(52)27(11-19)65-68-67-66-63/h6-7,11,17-18,20-23,25-26,28-32,49-55,63H,8-10,12-16,41H2,1-5H3,(H,42,59)(H,43,62)(H,44,56)(H,45,57)(H,46,58)/t17-,18+,20+,21+,22+,23+,25-,26-,28+,29+,30+,31+,32+/m1/s1. The second kappa shape index (κ2) is 24.4. The summed E-state index contributed by atoms with van der Waals surface area (Å²) in [6.07, 6.45) is -13.1. The number of ether oxygens (including phenoxy) is 1. The smallest absolute Gasteiger partial charge is 0.408 e. The molecule has 0 unspecified atom stereocenters. The normalized spacial score (nSPS) is 29.5. The summed E-state index contributed by atoms with van der Waals surface area (Å²) in [4.78, 5) is 99.8.